The number of carbonyl (C=O) groups is 5. The van der Waals surface area contributed by atoms with Crippen molar-refractivity contribution >= 4 is 78.7 Å². The SMILES string of the molecule is Cc1c(OCCC2CCN(CC(=O)Nc3cccc4c(C5CCC(=O)NC5=O)nn(C)c34)CC2)cccc1-c1ccc(N2CCc3cccc(C(=O)Nc4nc5ccccc5s4)c3C2)nc1C(=O)O. The molecule has 0 aliphatic carbocycles. The molecule has 4 N–H and O–H groups in total. The lowest BCUT2D eigenvalue weighted by molar-refractivity contribution is -0.134. The first-order valence-electron chi connectivity index (χ1n) is 23.3. The van der Waals surface area contributed by atoms with E-state index in [-0.39, 0.29) is 42.3 Å². The number of thiazole rings is 1. The van der Waals surface area contributed by atoms with Gasteiger partial charge < -0.3 is 20.1 Å². The van der Waals surface area contributed by atoms with Crippen LogP contribution in [0.5, 0.6) is 5.75 Å². The van der Waals surface area contributed by atoms with Crippen LogP contribution in [0.2, 0.25) is 0 Å². The number of rotatable bonds is 13. The molecule has 69 heavy (non-hydrogen) atoms. The smallest absolute Gasteiger partial charge is 0.355 e. The van der Waals surface area contributed by atoms with Gasteiger partial charge in [-0.1, -0.05) is 59.9 Å². The van der Waals surface area contributed by atoms with E-state index in [1.165, 1.54) is 11.3 Å². The molecule has 1 unspecified atom stereocenters. The Labute approximate surface area is 401 Å². The minimum atomic E-state index is -1.14. The van der Waals surface area contributed by atoms with Crippen molar-refractivity contribution in [2.75, 3.05) is 48.3 Å². The van der Waals surface area contributed by atoms with Crippen molar-refractivity contribution in [1.82, 2.24) is 30.0 Å². The number of amides is 4. The maximum Gasteiger partial charge on any atom is 0.355 e. The summed E-state index contributed by atoms with van der Waals surface area (Å²) in [6.07, 6.45) is 3.99. The van der Waals surface area contributed by atoms with E-state index in [1.54, 1.807) is 11.7 Å². The van der Waals surface area contributed by atoms with Gasteiger partial charge in [-0.05, 0) is 123 Å². The molecule has 352 valence electrons. The number of ether oxygens (including phenoxy) is 1. The Morgan fingerprint density at radius 3 is 2.49 bits per heavy atom. The third kappa shape index (κ3) is 9.39. The summed E-state index contributed by atoms with van der Waals surface area (Å²) in [7, 11) is 1.79. The quantitative estimate of drug-likeness (QED) is 0.0823. The van der Waals surface area contributed by atoms with Gasteiger partial charge in [0, 0.05) is 43.1 Å². The number of para-hydroxylation sites is 2. The minimum absolute atomic E-state index is 0.0613. The number of aryl methyl sites for hydroxylation is 1. The highest BCUT2D eigenvalue weighted by Crippen LogP contribution is 2.36. The summed E-state index contributed by atoms with van der Waals surface area (Å²) in [5, 5.41) is 24.9. The zero-order valence-corrected chi connectivity index (χ0v) is 39.1. The summed E-state index contributed by atoms with van der Waals surface area (Å²) >= 11 is 1.42. The molecule has 0 radical (unpaired) electrons. The van der Waals surface area contributed by atoms with E-state index in [2.05, 4.69) is 30.9 Å². The maximum absolute atomic E-state index is 13.6. The second-order valence-electron chi connectivity index (χ2n) is 18.0. The van der Waals surface area contributed by atoms with Crippen LogP contribution >= 0.6 is 11.3 Å². The average molecular weight is 946 g/mol. The molecule has 3 aliphatic heterocycles. The van der Waals surface area contributed by atoms with E-state index in [0.29, 0.717) is 77.7 Å². The van der Waals surface area contributed by atoms with Crippen molar-refractivity contribution in [2.45, 2.75) is 57.9 Å². The van der Waals surface area contributed by atoms with Gasteiger partial charge in [0.2, 0.25) is 17.7 Å². The Morgan fingerprint density at radius 2 is 1.68 bits per heavy atom. The number of hydrogen-bond acceptors (Lipinski definition) is 12. The first-order chi connectivity index (χ1) is 33.5. The number of carboxylic acid groups (broad SMARTS) is 1. The molecular formula is C52H51N9O7S. The number of hydrogen-bond donors (Lipinski definition) is 4. The number of nitrogens with zero attached hydrogens (tertiary/aromatic N) is 6. The van der Waals surface area contributed by atoms with E-state index >= 15 is 0 Å². The first-order valence-corrected chi connectivity index (χ1v) is 24.1. The summed E-state index contributed by atoms with van der Waals surface area (Å²) in [5.74, 6) is -1.06. The highest BCUT2D eigenvalue weighted by atomic mass is 32.1. The molecule has 2 saturated heterocycles. The number of nitrogens with one attached hydrogen (secondary N) is 3. The Morgan fingerprint density at radius 1 is 0.870 bits per heavy atom. The lowest BCUT2D eigenvalue weighted by Crippen LogP contribution is -2.39. The van der Waals surface area contributed by atoms with Gasteiger partial charge in [0.25, 0.3) is 5.91 Å². The van der Waals surface area contributed by atoms with E-state index < -0.39 is 11.9 Å². The molecule has 3 aromatic heterocycles. The third-order valence-corrected chi connectivity index (χ3v) is 14.6. The van der Waals surface area contributed by atoms with Gasteiger partial charge in [-0.15, -0.1) is 0 Å². The second kappa shape index (κ2) is 19.2. The minimum Gasteiger partial charge on any atom is -0.493 e. The number of aromatic nitrogens is 4. The number of piperidine rings is 2. The number of carbonyl (C=O) groups excluding carboxylic acids is 4. The zero-order valence-electron chi connectivity index (χ0n) is 38.3. The number of aromatic carboxylic acids is 1. The Hall–Kier alpha value is -7.50. The number of benzene rings is 4. The van der Waals surface area contributed by atoms with E-state index in [1.807, 2.05) is 103 Å². The van der Waals surface area contributed by atoms with Crippen LogP contribution in [0, 0.1) is 12.8 Å². The van der Waals surface area contributed by atoms with Crippen LogP contribution in [0.25, 0.3) is 32.2 Å². The van der Waals surface area contributed by atoms with Crippen molar-refractivity contribution in [2.24, 2.45) is 13.0 Å². The fraction of sp³-hybridized carbons (Fsp3) is 0.308. The van der Waals surface area contributed by atoms with Gasteiger partial charge in [0.15, 0.2) is 10.8 Å². The topological polar surface area (TPSA) is 201 Å². The highest BCUT2D eigenvalue weighted by Gasteiger charge is 2.33. The van der Waals surface area contributed by atoms with Crippen LogP contribution in [0.3, 0.4) is 0 Å². The van der Waals surface area contributed by atoms with Crippen LogP contribution in [0.1, 0.15) is 81.3 Å². The highest BCUT2D eigenvalue weighted by molar-refractivity contribution is 7.22. The molecule has 0 saturated carbocycles. The summed E-state index contributed by atoms with van der Waals surface area (Å²) in [5.41, 5.74) is 7.24. The van der Waals surface area contributed by atoms with Crippen LogP contribution < -0.4 is 25.6 Å². The van der Waals surface area contributed by atoms with Crippen molar-refractivity contribution in [1.29, 1.82) is 0 Å². The van der Waals surface area contributed by atoms with Gasteiger partial charge in [0.1, 0.15) is 11.6 Å². The molecule has 7 aromatic rings. The number of imide groups is 1. The van der Waals surface area contributed by atoms with Gasteiger partial charge in [0.05, 0.1) is 46.2 Å². The van der Waals surface area contributed by atoms with E-state index in [0.717, 1.165) is 75.7 Å². The molecule has 17 heteroatoms. The van der Waals surface area contributed by atoms with Crippen LogP contribution in [0.4, 0.5) is 16.6 Å². The van der Waals surface area contributed by atoms with E-state index in [4.69, 9.17) is 9.72 Å². The molecule has 10 rings (SSSR count). The van der Waals surface area contributed by atoms with Crippen molar-refractivity contribution in [3.63, 3.8) is 0 Å². The lowest BCUT2D eigenvalue weighted by Gasteiger charge is -2.31. The number of pyridine rings is 1. The molecule has 0 bridgehead atoms. The fourth-order valence-electron chi connectivity index (χ4n) is 9.99. The zero-order chi connectivity index (χ0) is 47.8. The van der Waals surface area contributed by atoms with Crippen molar-refractivity contribution in [3.8, 4) is 16.9 Å². The molecule has 16 nitrogen and oxygen atoms in total. The summed E-state index contributed by atoms with van der Waals surface area (Å²) in [4.78, 5) is 77.6. The van der Waals surface area contributed by atoms with Gasteiger partial charge in [-0.3, -0.25) is 39.4 Å². The Kier molecular flexibility index (Phi) is 12.6. The Bertz CT molecular complexity index is 3140. The van der Waals surface area contributed by atoms with Crippen LogP contribution in [0.15, 0.2) is 91.0 Å². The summed E-state index contributed by atoms with van der Waals surface area (Å²) < 4.78 is 9.03. The standard InChI is InChI=1S/C52H51N9O7S/c1-30-33(34-16-18-43(55-47(34)51(66)67)61-26-22-32-8-5-10-35(38(32)28-61)49(64)57-52-54-39-12-3-4-15-42(39)69-52)9-7-14-41(30)68-27-23-31-20-24-60(25-21-31)29-45(63)53-40-13-6-11-36-46(58-59(2)48(36)40)37-17-19-44(62)56-50(37)65/h3-16,18,31,37H,17,19-29H2,1-2H3,(H,53,63)(H,66,67)(H,54,57,64)(H,56,62,65). The maximum atomic E-state index is 13.6. The molecular weight excluding hydrogens is 895 g/mol. The third-order valence-electron chi connectivity index (χ3n) is 13.6. The molecule has 4 aromatic carbocycles. The second-order valence-corrected chi connectivity index (χ2v) is 19.0. The fourth-order valence-corrected chi connectivity index (χ4v) is 10.8. The average Bonchev–Trinajstić information content (AvgIpc) is 3.92. The number of likely N-dealkylation sites (tertiary alicyclic amines) is 1. The molecule has 2 fully saturated rings. The van der Waals surface area contributed by atoms with Crippen LogP contribution in [-0.4, -0.2) is 92.1 Å². The Balaban J connectivity index is 0.738. The largest absolute Gasteiger partial charge is 0.493 e. The van der Waals surface area contributed by atoms with Crippen LogP contribution in [-0.2, 0) is 34.4 Å². The molecule has 6 heterocycles. The predicted octanol–water partition coefficient (Wildman–Crippen LogP) is 7.71. The monoisotopic (exact) mass is 945 g/mol. The normalized spacial score (nSPS) is 16.6. The molecule has 0 spiro atoms. The number of carboxylic acids is 1. The van der Waals surface area contributed by atoms with Gasteiger partial charge in [-0.25, -0.2) is 14.8 Å². The van der Waals surface area contributed by atoms with Crippen molar-refractivity contribution in [3.05, 3.63) is 125 Å². The summed E-state index contributed by atoms with van der Waals surface area (Å²) in [6.45, 7) is 5.22. The molecule has 4 amide bonds. The predicted molar refractivity (Wildman–Crippen MR) is 264 cm³/mol. The summed E-state index contributed by atoms with van der Waals surface area (Å²) in [6, 6.07) is 28.4. The number of anilines is 3. The lowest BCUT2D eigenvalue weighted by atomic mass is 9.92. The van der Waals surface area contributed by atoms with Crippen molar-refractivity contribution < 1.29 is 33.8 Å². The first kappa shape index (κ1) is 45.3. The molecule has 1 atom stereocenters. The van der Waals surface area contributed by atoms with Gasteiger partial charge in [-0.2, -0.15) is 5.10 Å². The van der Waals surface area contributed by atoms with Gasteiger partial charge >= 0.3 is 5.97 Å². The number of fused-ring (bicyclic) bond motifs is 3. The van der Waals surface area contributed by atoms with E-state index in [9.17, 15) is 29.1 Å². The molecule has 3 aliphatic rings.